The predicted octanol–water partition coefficient (Wildman–Crippen LogP) is 2.95. The van der Waals surface area contributed by atoms with Crippen molar-refractivity contribution in [3.63, 3.8) is 0 Å². The zero-order valence-corrected chi connectivity index (χ0v) is 10.4. The average Bonchev–Trinajstić information content (AvgIpc) is 2.52. The SMILES string of the molecule is CCCCc1nc(C(C)C)n(CC)c1N. The first-order valence-electron chi connectivity index (χ1n) is 5.96. The van der Waals surface area contributed by atoms with Gasteiger partial charge in [0.25, 0.3) is 0 Å². The molecular formula is C12H23N3. The molecule has 1 heterocycles. The Morgan fingerprint density at radius 2 is 2.00 bits per heavy atom. The van der Waals surface area contributed by atoms with Gasteiger partial charge >= 0.3 is 0 Å². The number of nitrogen functional groups attached to an aromatic ring is 1. The third-order valence-electron chi connectivity index (χ3n) is 2.71. The smallest absolute Gasteiger partial charge is 0.126 e. The summed E-state index contributed by atoms with van der Waals surface area (Å²) < 4.78 is 2.13. The van der Waals surface area contributed by atoms with Gasteiger partial charge in [-0.1, -0.05) is 27.2 Å². The van der Waals surface area contributed by atoms with E-state index in [1.54, 1.807) is 0 Å². The minimum Gasteiger partial charge on any atom is -0.384 e. The number of nitrogens with zero attached hydrogens (tertiary/aromatic N) is 2. The Hall–Kier alpha value is -0.990. The molecule has 3 nitrogen and oxygen atoms in total. The molecule has 3 heteroatoms. The molecule has 1 aromatic heterocycles. The molecule has 0 aliphatic carbocycles. The van der Waals surface area contributed by atoms with E-state index in [-0.39, 0.29) is 0 Å². The lowest BCUT2D eigenvalue weighted by Gasteiger charge is -2.08. The summed E-state index contributed by atoms with van der Waals surface area (Å²) in [6.07, 6.45) is 3.37. The molecule has 0 aromatic carbocycles. The van der Waals surface area contributed by atoms with Crippen LogP contribution in [0.4, 0.5) is 5.82 Å². The molecule has 15 heavy (non-hydrogen) atoms. The monoisotopic (exact) mass is 209 g/mol. The number of aromatic nitrogens is 2. The Labute approximate surface area is 92.7 Å². The van der Waals surface area contributed by atoms with E-state index in [0.717, 1.165) is 30.3 Å². The molecule has 0 spiro atoms. The van der Waals surface area contributed by atoms with Crippen LogP contribution in [-0.2, 0) is 13.0 Å². The lowest BCUT2D eigenvalue weighted by molar-refractivity contribution is 0.658. The summed E-state index contributed by atoms with van der Waals surface area (Å²) in [6.45, 7) is 9.55. The highest BCUT2D eigenvalue weighted by molar-refractivity contribution is 5.39. The predicted molar refractivity (Wildman–Crippen MR) is 65.0 cm³/mol. The second-order valence-corrected chi connectivity index (χ2v) is 4.30. The van der Waals surface area contributed by atoms with E-state index in [2.05, 4.69) is 37.2 Å². The van der Waals surface area contributed by atoms with Crippen molar-refractivity contribution in [1.82, 2.24) is 9.55 Å². The van der Waals surface area contributed by atoms with E-state index in [1.807, 2.05) is 0 Å². The number of rotatable bonds is 5. The van der Waals surface area contributed by atoms with Crippen molar-refractivity contribution in [3.8, 4) is 0 Å². The van der Waals surface area contributed by atoms with Gasteiger partial charge in [-0.05, 0) is 19.8 Å². The molecule has 0 atom stereocenters. The third-order valence-corrected chi connectivity index (χ3v) is 2.71. The van der Waals surface area contributed by atoms with Crippen LogP contribution in [0, 0.1) is 0 Å². The normalized spacial score (nSPS) is 11.3. The van der Waals surface area contributed by atoms with E-state index in [1.165, 1.54) is 12.8 Å². The van der Waals surface area contributed by atoms with Gasteiger partial charge in [-0.3, -0.25) is 0 Å². The van der Waals surface area contributed by atoms with Crippen molar-refractivity contribution >= 4 is 5.82 Å². The van der Waals surface area contributed by atoms with Crippen LogP contribution in [0.25, 0.3) is 0 Å². The summed E-state index contributed by atoms with van der Waals surface area (Å²) in [5.41, 5.74) is 7.18. The number of imidazole rings is 1. The molecule has 0 fully saturated rings. The van der Waals surface area contributed by atoms with Gasteiger partial charge in [-0.2, -0.15) is 0 Å². The van der Waals surface area contributed by atoms with Gasteiger partial charge in [0.15, 0.2) is 0 Å². The summed E-state index contributed by atoms with van der Waals surface area (Å²) in [5.74, 6) is 2.44. The largest absolute Gasteiger partial charge is 0.384 e. The summed E-state index contributed by atoms with van der Waals surface area (Å²) in [4.78, 5) is 4.66. The van der Waals surface area contributed by atoms with Crippen LogP contribution in [0.2, 0.25) is 0 Å². The summed E-state index contributed by atoms with van der Waals surface area (Å²) in [5, 5.41) is 0. The number of anilines is 1. The second kappa shape index (κ2) is 5.19. The van der Waals surface area contributed by atoms with E-state index < -0.39 is 0 Å². The van der Waals surface area contributed by atoms with E-state index >= 15 is 0 Å². The average molecular weight is 209 g/mol. The Balaban J connectivity index is 2.98. The number of hydrogen-bond donors (Lipinski definition) is 1. The van der Waals surface area contributed by atoms with Crippen molar-refractivity contribution in [3.05, 3.63) is 11.5 Å². The highest BCUT2D eigenvalue weighted by atomic mass is 15.1. The third kappa shape index (κ3) is 2.52. The zero-order chi connectivity index (χ0) is 11.4. The van der Waals surface area contributed by atoms with Gasteiger partial charge in [-0.25, -0.2) is 4.98 Å². The van der Waals surface area contributed by atoms with Crippen molar-refractivity contribution in [2.45, 2.75) is 59.4 Å². The molecular weight excluding hydrogens is 186 g/mol. The Bertz CT molecular complexity index is 313. The number of aryl methyl sites for hydroxylation is 1. The molecule has 0 saturated heterocycles. The Morgan fingerprint density at radius 1 is 1.33 bits per heavy atom. The zero-order valence-electron chi connectivity index (χ0n) is 10.4. The van der Waals surface area contributed by atoms with E-state index in [9.17, 15) is 0 Å². The van der Waals surface area contributed by atoms with Crippen LogP contribution in [0.15, 0.2) is 0 Å². The molecule has 0 unspecified atom stereocenters. The maximum absolute atomic E-state index is 6.09. The first-order chi connectivity index (χ1) is 7.11. The fraction of sp³-hybridized carbons (Fsp3) is 0.750. The molecule has 0 saturated carbocycles. The maximum Gasteiger partial charge on any atom is 0.126 e. The lowest BCUT2D eigenvalue weighted by Crippen LogP contribution is -2.06. The van der Waals surface area contributed by atoms with Crippen LogP contribution in [0.3, 0.4) is 0 Å². The van der Waals surface area contributed by atoms with E-state index in [0.29, 0.717) is 5.92 Å². The van der Waals surface area contributed by atoms with Gasteiger partial charge < -0.3 is 10.3 Å². The fourth-order valence-electron chi connectivity index (χ4n) is 1.84. The number of hydrogen-bond acceptors (Lipinski definition) is 2. The molecule has 0 aliphatic rings. The van der Waals surface area contributed by atoms with Gasteiger partial charge in [0.05, 0.1) is 5.69 Å². The molecule has 86 valence electrons. The van der Waals surface area contributed by atoms with Crippen LogP contribution >= 0.6 is 0 Å². The molecule has 0 amide bonds. The molecule has 0 radical (unpaired) electrons. The van der Waals surface area contributed by atoms with Crippen LogP contribution in [0.5, 0.6) is 0 Å². The Kier molecular flexibility index (Phi) is 4.18. The summed E-state index contributed by atoms with van der Waals surface area (Å²) >= 11 is 0. The molecule has 0 aliphatic heterocycles. The lowest BCUT2D eigenvalue weighted by atomic mass is 10.2. The molecule has 0 bridgehead atoms. The minimum atomic E-state index is 0.447. The van der Waals surface area contributed by atoms with Gasteiger partial charge in [0.2, 0.25) is 0 Å². The first kappa shape index (κ1) is 12.1. The molecule has 2 N–H and O–H groups in total. The quantitative estimate of drug-likeness (QED) is 0.810. The van der Waals surface area contributed by atoms with Crippen LogP contribution in [-0.4, -0.2) is 9.55 Å². The molecule has 1 aromatic rings. The highest BCUT2D eigenvalue weighted by Crippen LogP contribution is 2.22. The maximum atomic E-state index is 6.09. The van der Waals surface area contributed by atoms with E-state index in [4.69, 9.17) is 5.73 Å². The van der Waals surface area contributed by atoms with Gasteiger partial charge in [0, 0.05) is 12.5 Å². The van der Waals surface area contributed by atoms with Crippen molar-refractivity contribution in [2.75, 3.05) is 5.73 Å². The van der Waals surface area contributed by atoms with Crippen molar-refractivity contribution in [2.24, 2.45) is 0 Å². The second-order valence-electron chi connectivity index (χ2n) is 4.30. The first-order valence-corrected chi connectivity index (χ1v) is 5.96. The fourth-order valence-corrected chi connectivity index (χ4v) is 1.84. The van der Waals surface area contributed by atoms with Crippen molar-refractivity contribution in [1.29, 1.82) is 0 Å². The standard InChI is InChI=1S/C12H23N3/c1-5-7-8-10-11(13)15(6-2)12(14-10)9(3)4/h9H,5-8,13H2,1-4H3. The van der Waals surface area contributed by atoms with Crippen LogP contribution in [0.1, 0.15) is 58.0 Å². The summed E-state index contributed by atoms with van der Waals surface area (Å²) in [7, 11) is 0. The Morgan fingerprint density at radius 3 is 2.40 bits per heavy atom. The summed E-state index contributed by atoms with van der Waals surface area (Å²) in [6, 6.07) is 0. The number of unbranched alkanes of at least 4 members (excludes halogenated alkanes) is 1. The highest BCUT2D eigenvalue weighted by Gasteiger charge is 2.15. The van der Waals surface area contributed by atoms with Gasteiger partial charge in [-0.15, -0.1) is 0 Å². The minimum absolute atomic E-state index is 0.447. The van der Waals surface area contributed by atoms with Crippen LogP contribution < -0.4 is 5.73 Å². The van der Waals surface area contributed by atoms with Gasteiger partial charge in [0.1, 0.15) is 11.6 Å². The molecule has 1 rings (SSSR count). The van der Waals surface area contributed by atoms with Crippen molar-refractivity contribution < 1.29 is 0 Å². The number of nitrogens with two attached hydrogens (primary N) is 1. The topological polar surface area (TPSA) is 43.8 Å².